The van der Waals surface area contributed by atoms with E-state index in [1.807, 2.05) is 30.7 Å². The maximum atomic E-state index is 6.11. The number of morpholine rings is 1. The number of furan rings is 1. The molecule has 3 atom stereocenters. The molecule has 4 rings (SSSR count). The first-order chi connectivity index (χ1) is 11.9. The van der Waals surface area contributed by atoms with E-state index in [4.69, 9.17) is 13.9 Å². The minimum Gasteiger partial charge on any atom is -0.472 e. The van der Waals surface area contributed by atoms with Gasteiger partial charge in [0.05, 0.1) is 38.5 Å². The average Bonchev–Trinajstić information content (AvgIpc) is 3.27. The van der Waals surface area contributed by atoms with E-state index in [1.54, 1.807) is 12.5 Å². The number of hydrogen-bond donors (Lipinski definition) is 0. The lowest BCUT2D eigenvalue weighted by molar-refractivity contribution is -0.0892. The van der Waals surface area contributed by atoms with Gasteiger partial charge in [0.25, 0.3) is 0 Å². The van der Waals surface area contributed by atoms with Crippen LogP contribution in [0.1, 0.15) is 24.0 Å². The van der Waals surface area contributed by atoms with E-state index in [0.717, 1.165) is 31.9 Å². The molecule has 1 aliphatic carbocycles. The van der Waals surface area contributed by atoms with Crippen molar-refractivity contribution in [2.75, 3.05) is 19.8 Å². The van der Waals surface area contributed by atoms with Crippen molar-refractivity contribution >= 4 is 0 Å². The topological polar surface area (TPSA) is 47.7 Å². The number of nitrogens with zero attached hydrogens (tertiary/aromatic N) is 2. The zero-order valence-electron chi connectivity index (χ0n) is 13.8. The molecular weight excluding hydrogens is 304 g/mol. The van der Waals surface area contributed by atoms with Crippen molar-refractivity contribution in [1.82, 2.24) is 9.88 Å². The first kappa shape index (κ1) is 15.8. The van der Waals surface area contributed by atoms with Gasteiger partial charge in [0, 0.05) is 43.0 Å². The summed E-state index contributed by atoms with van der Waals surface area (Å²) >= 11 is 0. The molecule has 2 aromatic heterocycles. The van der Waals surface area contributed by atoms with Crippen molar-refractivity contribution in [2.45, 2.75) is 38.1 Å². The van der Waals surface area contributed by atoms with Gasteiger partial charge >= 0.3 is 0 Å². The van der Waals surface area contributed by atoms with E-state index >= 15 is 0 Å². The monoisotopic (exact) mass is 328 g/mol. The molecule has 2 aliphatic rings. The second kappa shape index (κ2) is 7.47. The predicted molar refractivity (Wildman–Crippen MR) is 89.3 cm³/mol. The number of rotatable bonds is 6. The van der Waals surface area contributed by atoms with E-state index in [1.165, 1.54) is 18.4 Å². The number of ether oxygens (including phenoxy) is 2. The highest BCUT2D eigenvalue weighted by atomic mass is 16.5. The normalized spacial score (nSPS) is 27.2. The van der Waals surface area contributed by atoms with E-state index in [2.05, 4.69) is 9.88 Å². The lowest BCUT2D eigenvalue weighted by atomic mass is 10.0. The maximum Gasteiger partial charge on any atom is 0.0947 e. The smallest absolute Gasteiger partial charge is 0.0947 e. The van der Waals surface area contributed by atoms with Crippen molar-refractivity contribution in [1.29, 1.82) is 0 Å². The molecule has 0 amide bonds. The van der Waals surface area contributed by atoms with Gasteiger partial charge in [0.15, 0.2) is 0 Å². The molecule has 128 valence electrons. The Bertz CT molecular complexity index is 617. The number of hydrogen-bond acceptors (Lipinski definition) is 5. The minimum atomic E-state index is 0.291. The molecule has 1 aliphatic heterocycles. The quantitative estimate of drug-likeness (QED) is 0.816. The molecule has 5 nitrogen and oxygen atoms in total. The number of aromatic nitrogens is 1. The van der Waals surface area contributed by atoms with Crippen LogP contribution in [0, 0.1) is 5.92 Å². The maximum absolute atomic E-state index is 6.11. The third-order valence-corrected chi connectivity index (χ3v) is 5.12. The van der Waals surface area contributed by atoms with Crippen LogP contribution in [-0.2, 0) is 22.6 Å². The van der Waals surface area contributed by atoms with Crippen LogP contribution in [0.25, 0.3) is 0 Å². The van der Waals surface area contributed by atoms with E-state index in [9.17, 15) is 0 Å². The fourth-order valence-corrected chi connectivity index (χ4v) is 3.94. The number of pyridine rings is 1. The zero-order valence-corrected chi connectivity index (χ0v) is 13.8. The summed E-state index contributed by atoms with van der Waals surface area (Å²) in [5.74, 6) is 0.485. The standard InChI is InChI=1S/C19H24N2O3/c1-2-15(10-20-6-1)12-23-14-17-3-4-18-19(17)24-9-7-21(18)11-16-5-8-22-13-16/h1-2,5-6,8,10,13,17-19H,3-4,7,9,11-12,14H2/t17?,18-,19-/m0/s1. The molecule has 0 radical (unpaired) electrons. The third kappa shape index (κ3) is 3.53. The van der Waals surface area contributed by atoms with Crippen LogP contribution >= 0.6 is 0 Å². The summed E-state index contributed by atoms with van der Waals surface area (Å²) in [5, 5.41) is 0. The second-order valence-corrected chi connectivity index (χ2v) is 6.72. The first-order valence-corrected chi connectivity index (χ1v) is 8.73. The highest BCUT2D eigenvalue weighted by molar-refractivity contribution is 5.08. The summed E-state index contributed by atoms with van der Waals surface area (Å²) in [6, 6.07) is 6.55. The molecule has 1 saturated heterocycles. The van der Waals surface area contributed by atoms with Gasteiger partial charge in [-0.2, -0.15) is 0 Å². The van der Waals surface area contributed by atoms with Crippen LogP contribution in [0.3, 0.4) is 0 Å². The zero-order chi connectivity index (χ0) is 16.2. The Morgan fingerprint density at radius 3 is 3.08 bits per heavy atom. The molecule has 0 aromatic carbocycles. The van der Waals surface area contributed by atoms with Gasteiger partial charge in [-0.1, -0.05) is 6.07 Å². The predicted octanol–water partition coefficient (Wildman–Crippen LogP) is 2.87. The second-order valence-electron chi connectivity index (χ2n) is 6.72. The third-order valence-electron chi connectivity index (χ3n) is 5.12. The highest BCUT2D eigenvalue weighted by Gasteiger charge is 2.42. The lowest BCUT2D eigenvalue weighted by Crippen LogP contribution is -2.50. The van der Waals surface area contributed by atoms with Gasteiger partial charge in [-0.15, -0.1) is 0 Å². The van der Waals surface area contributed by atoms with Gasteiger partial charge in [0.2, 0.25) is 0 Å². The lowest BCUT2D eigenvalue weighted by Gasteiger charge is -2.39. The molecule has 2 aromatic rings. The van der Waals surface area contributed by atoms with Crippen molar-refractivity contribution < 1.29 is 13.9 Å². The Morgan fingerprint density at radius 2 is 2.25 bits per heavy atom. The highest BCUT2D eigenvalue weighted by Crippen LogP contribution is 2.35. The summed E-state index contributed by atoms with van der Waals surface area (Å²) in [5.41, 5.74) is 2.37. The summed E-state index contributed by atoms with van der Waals surface area (Å²) < 4.78 is 17.3. The molecule has 1 unspecified atom stereocenters. The van der Waals surface area contributed by atoms with Crippen molar-refractivity contribution in [3.63, 3.8) is 0 Å². The van der Waals surface area contributed by atoms with E-state index < -0.39 is 0 Å². The summed E-state index contributed by atoms with van der Waals surface area (Å²) in [4.78, 5) is 6.67. The molecule has 2 fully saturated rings. The molecule has 3 heterocycles. The molecular formula is C19H24N2O3. The molecule has 0 spiro atoms. The fourth-order valence-electron chi connectivity index (χ4n) is 3.94. The van der Waals surface area contributed by atoms with Crippen molar-refractivity contribution in [3.8, 4) is 0 Å². The van der Waals surface area contributed by atoms with Gasteiger partial charge in [-0.25, -0.2) is 0 Å². The largest absolute Gasteiger partial charge is 0.472 e. The van der Waals surface area contributed by atoms with Gasteiger partial charge in [-0.05, 0) is 30.5 Å². The van der Waals surface area contributed by atoms with E-state index in [0.29, 0.717) is 24.7 Å². The SMILES string of the molecule is c1cncc(COCC2CC[C@H]3[C@H]2OCCN3Cc2ccoc2)c1. The van der Waals surface area contributed by atoms with Crippen LogP contribution < -0.4 is 0 Å². The molecule has 0 bridgehead atoms. The van der Waals surface area contributed by atoms with Crippen LogP contribution in [-0.4, -0.2) is 41.8 Å². The number of fused-ring (bicyclic) bond motifs is 1. The Labute approximate surface area is 142 Å². The van der Waals surface area contributed by atoms with Gasteiger partial charge in [-0.3, -0.25) is 9.88 Å². The van der Waals surface area contributed by atoms with E-state index in [-0.39, 0.29) is 0 Å². The van der Waals surface area contributed by atoms with Crippen LogP contribution in [0.4, 0.5) is 0 Å². The minimum absolute atomic E-state index is 0.291. The fraction of sp³-hybridized carbons (Fsp3) is 0.526. The summed E-state index contributed by atoms with van der Waals surface area (Å²) in [6.07, 6.45) is 9.88. The van der Waals surface area contributed by atoms with Crippen molar-refractivity contribution in [2.24, 2.45) is 5.92 Å². The average molecular weight is 328 g/mol. The Morgan fingerprint density at radius 1 is 1.25 bits per heavy atom. The first-order valence-electron chi connectivity index (χ1n) is 8.73. The van der Waals surface area contributed by atoms with Gasteiger partial charge < -0.3 is 13.9 Å². The Kier molecular flexibility index (Phi) is 4.92. The molecule has 0 N–H and O–H groups in total. The molecule has 5 heteroatoms. The van der Waals surface area contributed by atoms with Crippen LogP contribution in [0.2, 0.25) is 0 Å². The van der Waals surface area contributed by atoms with Crippen molar-refractivity contribution in [3.05, 3.63) is 54.2 Å². The van der Waals surface area contributed by atoms with Crippen LogP contribution in [0.5, 0.6) is 0 Å². The molecule has 24 heavy (non-hydrogen) atoms. The molecule has 1 saturated carbocycles. The summed E-state index contributed by atoms with van der Waals surface area (Å²) in [7, 11) is 0. The Hall–Kier alpha value is -1.69. The van der Waals surface area contributed by atoms with Gasteiger partial charge in [0.1, 0.15) is 0 Å². The Balaban J connectivity index is 1.31. The summed E-state index contributed by atoms with van der Waals surface area (Å²) in [6.45, 7) is 4.13. The van der Waals surface area contributed by atoms with Crippen LogP contribution in [0.15, 0.2) is 47.5 Å².